The van der Waals surface area contributed by atoms with Crippen molar-refractivity contribution in [2.24, 2.45) is 0 Å². The molecule has 0 heterocycles. The van der Waals surface area contributed by atoms with Gasteiger partial charge < -0.3 is 5.32 Å². The van der Waals surface area contributed by atoms with Crippen molar-refractivity contribution in [3.8, 4) is 0 Å². The van der Waals surface area contributed by atoms with E-state index in [-0.39, 0.29) is 0 Å². The molecule has 0 unspecified atom stereocenters. The monoisotopic (exact) mass is 225 g/mol. The van der Waals surface area contributed by atoms with E-state index in [4.69, 9.17) is 0 Å². The Kier molecular flexibility index (Phi) is 3.81. The van der Waals surface area contributed by atoms with Gasteiger partial charge in [-0.1, -0.05) is 38.1 Å². The van der Waals surface area contributed by atoms with Crippen LogP contribution < -0.4 is 5.32 Å². The van der Waals surface area contributed by atoms with Crippen LogP contribution in [0.2, 0.25) is 0 Å². The summed E-state index contributed by atoms with van der Waals surface area (Å²) >= 11 is 0. The molecule has 0 aliphatic carbocycles. The Morgan fingerprint density at radius 2 is 1.47 bits per heavy atom. The molecule has 1 N–H and O–H groups in total. The van der Waals surface area contributed by atoms with Crippen molar-refractivity contribution >= 4 is 11.4 Å². The number of nitrogens with one attached hydrogen (secondary N) is 1. The number of aryl methyl sites for hydroxylation is 2. The van der Waals surface area contributed by atoms with Crippen molar-refractivity contribution in [2.45, 2.75) is 26.7 Å². The van der Waals surface area contributed by atoms with Crippen LogP contribution in [0, 0.1) is 0 Å². The van der Waals surface area contributed by atoms with Crippen molar-refractivity contribution in [1.29, 1.82) is 0 Å². The summed E-state index contributed by atoms with van der Waals surface area (Å²) in [6, 6.07) is 16.9. The molecule has 2 aromatic rings. The molecule has 2 aromatic carbocycles. The maximum Gasteiger partial charge on any atom is 0.0387 e. The largest absolute Gasteiger partial charge is 0.356 e. The van der Waals surface area contributed by atoms with E-state index in [1.807, 2.05) is 18.2 Å². The number of para-hydroxylation sites is 1. The van der Waals surface area contributed by atoms with Crippen molar-refractivity contribution in [2.75, 3.05) is 5.32 Å². The molecule has 0 radical (unpaired) electrons. The highest BCUT2D eigenvalue weighted by atomic mass is 14.9. The van der Waals surface area contributed by atoms with E-state index in [2.05, 4.69) is 49.5 Å². The van der Waals surface area contributed by atoms with Crippen molar-refractivity contribution < 1.29 is 0 Å². The quantitative estimate of drug-likeness (QED) is 0.804. The summed E-state index contributed by atoms with van der Waals surface area (Å²) in [5, 5.41) is 3.43. The topological polar surface area (TPSA) is 12.0 Å². The van der Waals surface area contributed by atoms with Crippen LogP contribution in [0.4, 0.5) is 11.4 Å². The first kappa shape index (κ1) is 11.7. The highest BCUT2D eigenvalue weighted by Crippen LogP contribution is 2.20. The molecule has 88 valence electrons. The van der Waals surface area contributed by atoms with Gasteiger partial charge in [0.2, 0.25) is 0 Å². The summed E-state index contributed by atoms with van der Waals surface area (Å²) in [5.41, 5.74) is 5.20. The fourth-order valence-corrected chi connectivity index (χ4v) is 2.07. The molecular weight excluding hydrogens is 206 g/mol. The first-order valence-corrected chi connectivity index (χ1v) is 6.27. The van der Waals surface area contributed by atoms with Crippen molar-refractivity contribution in [3.05, 3.63) is 59.7 Å². The molecule has 17 heavy (non-hydrogen) atoms. The summed E-state index contributed by atoms with van der Waals surface area (Å²) in [6.45, 7) is 4.42. The Hall–Kier alpha value is -1.76. The first-order chi connectivity index (χ1) is 8.33. The van der Waals surface area contributed by atoms with E-state index in [1.54, 1.807) is 0 Å². The van der Waals surface area contributed by atoms with Crippen LogP contribution in [0.25, 0.3) is 0 Å². The van der Waals surface area contributed by atoms with Gasteiger partial charge in [0.1, 0.15) is 0 Å². The lowest BCUT2D eigenvalue weighted by atomic mass is 10.0. The second kappa shape index (κ2) is 5.53. The van der Waals surface area contributed by atoms with Gasteiger partial charge in [-0.05, 0) is 48.2 Å². The number of anilines is 2. The third-order valence-corrected chi connectivity index (χ3v) is 3.03. The van der Waals surface area contributed by atoms with Gasteiger partial charge >= 0.3 is 0 Å². The Morgan fingerprint density at radius 3 is 2.12 bits per heavy atom. The second-order valence-corrected chi connectivity index (χ2v) is 4.18. The van der Waals surface area contributed by atoms with Crippen LogP contribution >= 0.6 is 0 Å². The normalized spacial score (nSPS) is 10.2. The Bertz CT molecular complexity index is 474. The fourth-order valence-electron chi connectivity index (χ4n) is 2.07. The van der Waals surface area contributed by atoms with Gasteiger partial charge in [0.05, 0.1) is 0 Å². The van der Waals surface area contributed by atoms with Gasteiger partial charge in [0.15, 0.2) is 0 Å². The van der Waals surface area contributed by atoms with Crippen LogP contribution in [0.3, 0.4) is 0 Å². The third-order valence-electron chi connectivity index (χ3n) is 3.03. The lowest BCUT2D eigenvalue weighted by Gasteiger charge is -2.11. The SMILES string of the molecule is CCc1ccc(Nc2ccccc2)cc1CC. The average molecular weight is 225 g/mol. The maximum absolute atomic E-state index is 3.43. The van der Waals surface area contributed by atoms with Gasteiger partial charge in [0.25, 0.3) is 0 Å². The van der Waals surface area contributed by atoms with Crippen LogP contribution in [-0.2, 0) is 12.8 Å². The number of rotatable bonds is 4. The molecule has 0 saturated carbocycles. The molecule has 1 heteroatoms. The molecule has 0 bridgehead atoms. The molecule has 0 saturated heterocycles. The minimum atomic E-state index is 1.09. The predicted octanol–water partition coefficient (Wildman–Crippen LogP) is 4.56. The van der Waals surface area contributed by atoms with E-state index >= 15 is 0 Å². The van der Waals surface area contributed by atoms with Crippen molar-refractivity contribution in [3.63, 3.8) is 0 Å². The second-order valence-electron chi connectivity index (χ2n) is 4.18. The minimum absolute atomic E-state index is 1.09. The molecule has 1 nitrogen and oxygen atoms in total. The Labute approximate surface area is 103 Å². The zero-order valence-electron chi connectivity index (χ0n) is 10.5. The van der Waals surface area contributed by atoms with E-state index in [9.17, 15) is 0 Å². The van der Waals surface area contributed by atoms with Gasteiger partial charge in [-0.25, -0.2) is 0 Å². The molecule has 2 rings (SSSR count). The highest BCUT2D eigenvalue weighted by Gasteiger charge is 2.01. The molecular formula is C16H19N. The summed E-state index contributed by atoms with van der Waals surface area (Å²) in [6.07, 6.45) is 2.20. The molecule has 0 atom stereocenters. The van der Waals surface area contributed by atoms with Crippen molar-refractivity contribution in [1.82, 2.24) is 0 Å². The molecule has 0 amide bonds. The van der Waals surface area contributed by atoms with E-state index in [0.717, 1.165) is 18.5 Å². The minimum Gasteiger partial charge on any atom is -0.356 e. The molecule has 0 spiro atoms. The molecule has 0 aliphatic heterocycles. The lowest BCUT2D eigenvalue weighted by molar-refractivity contribution is 1.04. The smallest absolute Gasteiger partial charge is 0.0387 e. The van der Waals surface area contributed by atoms with Gasteiger partial charge in [-0.15, -0.1) is 0 Å². The van der Waals surface area contributed by atoms with Crippen LogP contribution in [0.1, 0.15) is 25.0 Å². The zero-order valence-corrected chi connectivity index (χ0v) is 10.5. The summed E-state index contributed by atoms with van der Waals surface area (Å²) < 4.78 is 0. The summed E-state index contributed by atoms with van der Waals surface area (Å²) in [5.74, 6) is 0. The highest BCUT2D eigenvalue weighted by molar-refractivity contribution is 5.60. The molecule has 0 fully saturated rings. The average Bonchev–Trinajstić information content (AvgIpc) is 2.40. The standard InChI is InChI=1S/C16H19N/c1-3-13-10-11-16(12-14(13)4-2)17-15-8-6-5-7-9-15/h5-12,17H,3-4H2,1-2H3. The van der Waals surface area contributed by atoms with Gasteiger partial charge in [-0.2, -0.15) is 0 Å². The number of benzene rings is 2. The zero-order chi connectivity index (χ0) is 12.1. The van der Waals surface area contributed by atoms with Crippen LogP contribution in [-0.4, -0.2) is 0 Å². The summed E-state index contributed by atoms with van der Waals surface area (Å²) in [7, 11) is 0. The van der Waals surface area contributed by atoms with Crippen LogP contribution in [0.5, 0.6) is 0 Å². The van der Waals surface area contributed by atoms with Gasteiger partial charge in [0, 0.05) is 11.4 Å². The first-order valence-electron chi connectivity index (χ1n) is 6.27. The fraction of sp³-hybridized carbons (Fsp3) is 0.250. The number of hydrogen-bond acceptors (Lipinski definition) is 1. The molecule has 0 aromatic heterocycles. The van der Waals surface area contributed by atoms with E-state index in [0.29, 0.717) is 0 Å². The molecule has 0 aliphatic rings. The Balaban J connectivity index is 2.22. The van der Waals surface area contributed by atoms with E-state index < -0.39 is 0 Å². The summed E-state index contributed by atoms with van der Waals surface area (Å²) in [4.78, 5) is 0. The third kappa shape index (κ3) is 2.88. The van der Waals surface area contributed by atoms with Gasteiger partial charge in [-0.3, -0.25) is 0 Å². The van der Waals surface area contributed by atoms with Crippen LogP contribution in [0.15, 0.2) is 48.5 Å². The number of hydrogen-bond donors (Lipinski definition) is 1. The predicted molar refractivity (Wildman–Crippen MR) is 74.9 cm³/mol. The lowest BCUT2D eigenvalue weighted by Crippen LogP contribution is -1.95. The maximum atomic E-state index is 3.43. The van der Waals surface area contributed by atoms with E-state index in [1.165, 1.54) is 16.8 Å². The Morgan fingerprint density at radius 1 is 0.765 bits per heavy atom.